The van der Waals surface area contributed by atoms with E-state index in [2.05, 4.69) is 19.1 Å². The number of rotatable bonds is 3. The second-order valence-corrected chi connectivity index (χ2v) is 4.76. The summed E-state index contributed by atoms with van der Waals surface area (Å²) in [6, 6.07) is 4.20. The Labute approximate surface area is 97.5 Å². The summed E-state index contributed by atoms with van der Waals surface area (Å²) in [5, 5.41) is 10.0. The molecule has 1 aliphatic carbocycles. The van der Waals surface area contributed by atoms with E-state index in [4.69, 9.17) is 5.73 Å². The summed E-state index contributed by atoms with van der Waals surface area (Å²) in [7, 11) is 0. The van der Waals surface area contributed by atoms with Gasteiger partial charge in [-0.15, -0.1) is 0 Å². The van der Waals surface area contributed by atoms with Crippen molar-refractivity contribution < 1.29 is 5.11 Å². The second-order valence-electron chi connectivity index (χ2n) is 4.76. The van der Waals surface area contributed by atoms with Crippen LogP contribution in [0.25, 0.3) is 0 Å². The van der Waals surface area contributed by atoms with Crippen molar-refractivity contribution in [1.29, 1.82) is 0 Å². The molecule has 0 amide bonds. The third-order valence-electron chi connectivity index (χ3n) is 3.47. The van der Waals surface area contributed by atoms with Crippen molar-refractivity contribution in [2.24, 2.45) is 0 Å². The topological polar surface area (TPSA) is 46.2 Å². The Morgan fingerprint density at radius 2 is 1.88 bits per heavy atom. The molecule has 0 aliphatic heterocycles. The van der Waals surface area contributed by atoms with Gasteiger partial charge in [0.2, 0.25) is 0 Å². The summed E-state index contributed by atoms with van der Waals surface area (Å²) < 4.78 is 0. The molecule has 2 nitrogen and oxygen atoms in total. The van der Waals surface area contributed by atoms with E-state index in [1.165, 1.54) is 24.0 Å². The molecule has 1 aromatic rings. The molecule has 0 saturated carbocycles. The van der Waals surface area contributed by atoms with Gasteiger partial charge in [-0.05, 0) is 49.3 Å². The van der Waals surface area contributed by atoms with Gasteiger partial charge in [0, 0.05) is 11.3 Å². The summed E-state index contributed by atoms with van der Waals surface area (Å²) in [6.45, 7) is 2.08. The minimum absolute atomic E-state index is 0.391. The number of nitrogen functional groups attached to an aromatic ring is 1. The van der Waals surface area contributed by atoms with Crippen LogP contribution in [0.3, 0.4) is 0 Å². The summed E-state index contributed by atoms with van der Waals surface area (Å²) in [5.41, 5.74) is 10.5. The van der Waals surface area contributed by atoms with E-state index in [0.717, 1.165) is 36.9 Å². The largest absolute Gasteiger partial charge is 0.398 e. The zero-order chi connectivity index (χ0) is 11.5. The normalized spacial score (nSPS) is 16.9. The first-order chi connectivity index (χ1) is 7.72. The monoisotopic (exact) mass is 219 g/mol. The number of aliphatic hydroxyl groups excluding tert-OH is 1. The van der Waals surface area contributed by atoms with Crippen molar-refractivity contribution in [3.63, 3.8) is 0 Å². The van der Waals surface area contributed by atoms with Gasteiger partial charge < -0.3 is 10.8 Å². The number of fused-ring (bicyclic) bond motifs is 1. The van der Waals surface area contributed by atoms with E-state index >= 15 is 0 Å². The maximum absolute atomic E-state index is 10.0. The van der Waals surface area contributed by atoms with Crippen molar-refractivity contribution >= 4 is 5.69 Å². The Hall–Kier alpha value is -1.02. The Morgan fingerprint density at radius 3 is 2.50 bits per heavy atom. The van der Waals surface area contributed by atoms with Crippen LogP contribution >= 0.6 is 0 Å². The molecule has 2 heteroatoms. The van der Waals surface area contributed by atoms with E-state index in [-0.39, 0.29) is 0 Å². The van der Waals surface area contributed by atoms with Crippen molar-refractivity contribution in [2.75, 3.05) is 5.73 Å². The van der Waals surface area contributed by atoms with Gasteiger partial charge in [0.25, 0.3) is 0 Å². The van der Waals surface area contributed by atoms with Gasteiger partial charge in [0.05, 0.1) is 6.10 Å². The Kier molecular flexibility index (Phi) is 3.49. The highest BCUT2D eigenvalue weighted by molar-refractivity contribution is 5.53. The third-order valence-corrected chi connectivity index (χ3v) is 3.47. The molecule has 0 radical (unpaired) electrons. The fourth-order valence-corrected chi connectivity index (χ4v) is 2.54. The van der Waals surface area contributed by atoms with E-state index in [9.17, 15) is 5.11 Å². The van der Waals surface area contributed by atoms with Gasteiger partial charge in [0.15, 0.2) is 0 Å². The van der Waals surface area contributed by atoms with Gasteiger partial charge in [-0.25, -0.2) is 0 Å². The summed E-state index contributed by atoms with van der Waals surface area (Å²) in [6.07, 6.45) is 6.20. The smallest absolute Gasteiger partial charge is 0.0809 e. The number of aliphatic hydroxyl groups is 1. The molecule has 0 saturated heterocycles. The third kappa shape index (κ3) is 2.22. The maximum Gasteiger partial charge on any atom is 0.0809 e. The average Bonchev–Trinajstić information content (AvgIpc) is 2.28. The minimum atomic E-state index is -0.391. The first-order valence-electron chi connectivity index (χ1n) is 6.31. The molecule has 1 aromatic carbocycles. The zero-order valence-corrected chi connectivity index (χ0v) is 10.00. The standard InChI is InChI=1S/C14H21NO/c1-2-5-14(16)12-8-10-6-3-4-7-11(10)9-13(12)15/h8-9,14,16H,2-7,15H2,1H3. The second kappa shape index (κ2) is 4.88. The Bertz CT molecular complexity index is 373. The van der Waals surface area contributed by atoms with E-state index < -0.39 is 6.10 Å². The van der Waals surface area contributed by atoms with Crippen LogP contribution in [0.15, 0.2) is 12.1 Å². The van der Waals surface area contributed by atoms with Crippen LogP contribution in [0, 0.1) is 0 Å². The quantitative estimate of drug-likeness (QED) is 0.768. The molecule has 2 rings (SSSR count). The Morgan fingerprint density at radius 1 is 1.25 bits per heavy atom. The number of hydrogen-bond acceptors (Lipinski definition) is 2. The first-order valence-corrected chi connectivity index (χ1v) is 6.31. The van der Waals surface area contributed by atoms with Crippen molar-refractivity contribution in [3.05, 3.63) is 28.8 Å². The molecule has 1 aliphatic rings. The first kappa shape index (κ1) is 11.5. The van der Waals surface area contributed by atoms with Crippen LogP contribution < -0.4 is 5.73 Å². The van der Waals surface area contributed by atoms with Gasteiger partial charge in [-0.2, -0.15) is 0 Å². The highest BCUT2D eigenvalue weighted by Crippen LogP contribution is 2.31. The van der Waals surface area contributed by atoms with Crippen LogP contribution in [-0.2, 0) is 12.8 Å². The maximum atomic E-state index is 10.0. The molecule has 16 heavy (non-hydrogen) atoms. The van der Waals surface area contributed by atoms with Gasteiger partial charge in [0.1, 0.15) is 0 Å². The van der Waals surface area contributed by atoms with Crippen molar-refractivity contribution in [1.82, 2.24) is 0 Å². The number of hydrogen-bond donors (Lipinski definition) is 2. The lowest BCUT2D eigenvalue weighted by atomic mass is 9.88. The fraction of sp³-hybridized carbons (Fsp3) is 0.571. The number of aryl methyl sites for hydroxylation is 2. The molecular weight excluding hydrogens is 198 g/mol. The van der Waals surface area contributed by atoms with Crippen molar-refractivity contribution in [3.8, 4) is 0 Å². The molecule has 1 atom stereocenters. The van der Waals surface area contributed by atoms with Crippen LogP contribution in [0.4, 0.5) is 5.69 Å². The fourth-order valence-electron chi connectivity index (χ4n) is 2.54. The minimum Gasteiger partial charge on any atom is -0.398 e. The van der Waals surface area contributed by atoms with E-state index in [1.807, 2.05) is 0 Å². The average molecular weight is 219 g/mol. The number of anilines is 1. The van der Waals surface area contributed by atoms with Gasteiger partial charge in [-0.3, -0.25) is 0 Å². The van der Waals surface area contributed by atoms with Crippen LogP contribution in [0.5, 0.6) is 0 Å². The lowest BCUT2D eigenvalue weighted by Crippen LogP contribution is -2.08. The van der Waals surface area contributed by atoms with Gasteiger partial charge >= 0.3 is 0 Å². The van der Waals surface area contributed by atoms with Crippen molar-refractivity contribution in [2.45, 2.75) is 51.6 Å². The molecule has 0 fully saturated rings. The van der Waals surface area contributed by atoms with Crippen LogP contribution in [0.1, 0.15) is 55.4 Å². The SMILES string of the molecule is CCCC(O)c1cc2c(cc1N)CCCC2. The highest BCUT2D eigenvalue weighted by Gasteiger charge is 2.16. The predicted molar refractivity (Wildman–Crippen MR) is 67.4 cm³/mol. The van der Waals surface area contributed by atoms with Crippen LogP contribution in [-0.4, -0.2) is 5.11 Å². The zero-order valence-electron chi connectivity index (χ0n) is 10.00. The lowest BCUT2D eigenvalue weighted by molar-refractivity contribution is 0.167. The summed E-state index contributed by atoms with van der Waals surface area (Å²) in [4.78, 5) is 0. The summed E-state index contributed by atoms with van der Waals surface area (Å²) in [5.74, 6) is 0. The molecule has 3 N–H and O–H groups in total. The predicted octanol–water partition coefficient (Wildman–Crippen LogP) is 2.98. The molecule has 0 aromatic heterocycles. The van der Waals surface area contributed by atoms with Gasteiger partial charge in [-0.1, -0.05) is 19.4 Å². The molecule has 88 valence electrons. The summed E-state index contributed by atoms with van der Waals surface area (Å²) >= 11 is 0. The molecule has 1 unspecified atom stereocenters. The molecular formula is C14H21NO. The number of benzene rings is 1. The van der Waals surface area contributed by atoms with E-state index in [0.29, 0.717) is 0 Å². The molecule has 0 bridgehead atoms. The van der Waals surface area contributed by atoms with Crippen LogP contribution in [0.2, 0.25) is 0 Å². The lowest BCUT2D eigenvalue weighted by Gasteiger charge is -2.20. The molecule has 0 heterocycles. The Balaban J connectivity index is 2.31. The number of nitrogens with two attached hydrogens (primary N) is 1. The highest BCUT2D eigenvalue weighted by atomic mass is 16.3. The molecule has 0 spiro atoms. The van der Waals surface area contributed by atoms with E-state index in [1.54, 1.807) is 0 Å².